The minimum atomic E-state index is -0.0906. The Hall–Kier alpha value is -1.37. The van der Waals surface area contributed by atoms with Crippen molar-refractivity contribution in [2.75, 3.05) is 19.6 Å². The molecule has 3 rings (SSSR count). The van der Waals surface area contributed by atoms with Gasteiger partial charge in [0.15, 0.2) is 0 Å². The van der Waals surface area contributed by atoms with Crippen LogP contribution < -0.4 is 5.32 Å². The van der Waals surface area contributed by atoms with Gasteiger partial charge in [0, 0.05) is 48.6 Å². The second-order valence-corrected chi connectivity index (χ2v) is 6.53. The van der Waals surface area contributed by atoms with E-state index >= 15 is 0 Å². The summed E-state index contributed by atoms with van der Waals surface area (Å²) in [6.07, 6.45) is 3.64. The lowest BCUT2D eigenvalue weighted by molar-refractivity contribution is 0.0620. The summed E-state index contributed by atoms with van der Waals surface area (Å²) < 4.78 is 2.70. The van der Waals surface area contributed by atoms with Crippen molar-refractivity contribution in [1.82, 2.24) is 19.8 Å². The molecule has 2 aromatic rings. The lowest BCUT2D eigenvalue weighted by atomic mass is 10.1. The van der Waals surface area contributed by atoms with E-state index in [4.69, 9.17) is 11.6 Å². The quantitative estimate of drug-likeness (QED) is 0.867. The number of imidazole rings is 1. The standard InChI is InChI=1S/C15H16BrClN4O/c1-20-6-5-19-14(20)13-9-18-4-7-21(13)15(22)11-8-10(17)2-3-12(11)16/h2-3,5-6,8,13,18H,4,7,9H2,1H3. The highest BCUT2D eigenvalue weighted by Crippen LogP contribution is 2.27. The van der Waals surface area contributed by atoms with Gasteiger partial charge in [0.05, 0.1) is 5.56 Å². The van der Waals surface area contributed by atoms with E-state index in [2.05, 4.69) is 26.2 Å². The molecule has 22 heavy (non-hydrogen) atoms. The Kier molecular flexibility index (Phi) is 4.52. The third-order valence-corrected chi connectivity index (χ3v) is 4.75. The predicted octanol–water partition coefficient (Wildman–Crippen LogP) is 2.62. The zero-order valence-corrected chi connectivity index (χ0v) is 14.4. The summed E-state index contributed by atoms with van der Waals surface area (Å²) >= 11 is 9.48. The minimum Gasteiger partial charge on any atom is -0.336 e. The summed E-state index contributed by atoms with van der Waals surface area (Å²) in [6, 6.07) is 5.17. The maximum atomic E-state index is 13.0. The lowest BCUT2D eigenvalue weighted by Gasteiger charge is -2.36. The molecule has 1 fully saturated rings. The number of nitrogens with zero attached hydrogens (tertiary/aromatic N) is 3. The van der Waals surface area contributed by atoms with Crippen LogP contribution in [0.25, 0.3) is 0 Å². The van der Waals surface area contributed by atoms with Crippen LogP contribution in [0.3, 0.4) is 0 Å². The molecule has 1 amide bonds. The second-order valence-electron chi connectivity index (χ2n) is 5.24. The van der Waals surface area contributed by atoms with Crippen LogP contribution in [0, 0.1) is 0 Å². The minimum absolute atomic E-state index is 0.0381. The summed E-state index contributed by atoms with van der Waals surface area (Å²) in [6.45, 7) is 2.09. The van der Waals surface area contributed by atoms with Gasteiger partial charge in [0.1, 0.15) is 11.9 Å². The molecule has 1 unspecified atom stereocenters. The van der Waals surface area contributed by atoms with Crippen LogP contribution >= 0.6 is 27.5 Å². The molecule has 0 bridgehead atoms. The Morgan fingerprint density at radius 1 is 1.50 bits per heavy atom. The van der Waals surface area contributed by atoms with E-state index in [1.807, 2.05) is 22.7 Å². The van der Waals surface area contributed by atoms with Crippen LogP contribution in [-0.4, -0.2) is 40.0 Å². The first kappa shape index (κ1) is 15.5. The van der Waals surface area contributed by atoms with Crippen LogP contribution in [-0.2, 0) is 7.05 Å². The third-order valence-electron chi connectivity index (χ3n) is 3.82. The number of piperazine rings is 1. The maximum Gasteiger partial charge on any atom is 0.255 e. The fraction of sp³-hybridized carbons (Fsp3) is 0.333. The molecule has 1 aliphatic heterocycles. The molecule has 1 aromatic carbocycles. The maximum absolute atomic E-state index is 13.0. The fourth-order valence-corrected chi connectivity index (χ4v) is 3.28. The van der Waals surface area contributed by atoms with Gasteiger partial charge in [-0.3, -0.25) is 4.79 Å². The van der Waals surface area contributed by atoms with Crippen molar-refractivity contribution in [1.29, 1.82) is 0 Å². The average molecular weight is 384 g/mol. The molecule has 2 heterocycles. The van der Waals surface area contributed by atoms with Crippen molar-refractivity contribution in [2.24, 2.45) is 7.05 Å². The van der Waals surface area contributed by atoms with Gasteiger partial charge in [-0.2, -0.15) is 0 Å². The predicted molar refractivity (Wildman–Crippen MR) is 89.0 cm³/mol. The highest BCUT2D eigenvalue weighted by atomic mass is 79.9. The molecule has 0 radical (unpaired) electrons. The Bertz CT molecular complexity index is 703. The van der Waals surface area contributed by atoms with E-state index in [-0.39, 0.29) is 11.9 Å². The van der Waals surface area contributed by atoms with Crippen LogP contribution in [0.4, 0.5) is 0 Å². The molecule has 1 aliphatic rings. The van der Waals surface area contributed by atoms with Crippen molar-refractivity contribution in [2.45, 2.75) is 6.04 Å². The average Bonchev–Trinajstić information content (AvgIpc) is 2.95. The highest BCUT2D eigenvalue weighted by molar-refractivity contribution is 9.10. The van der Waals surface area contributed by atoms with Crippen molar-refractivity contribution >= 4 is 33.4 Å². The number of benzene rings is 1. The first-order chi connectivity index (χ1) is 10.6. The number of hydrogen-bond acceptors (Lipinski definition) is 3. The first-order valence-electron chi connectivity index (χ1n) is 7.02. The van der Waals surface area contributed by atoms with Crippen molar-refractivity contribution in [3.05, 3.63) is 51.5 Å². The van der Waals surface area contributed by atoms with Gasteiger partial charge < -0.3 is 14.8 Å². The van der Waals surface area contributed by atoms with Crippen LogP contribution in [0.1, 0.15) is 22.2 Å². The molecule has 1 atom stereocenters. The molecule has 116 valence electrons. The third kappa shape index (κ3) is 2.91. The normalized spacial score (nSPS) is 18.5. The molecule has 7 heteroatoms. The summed E-state index contributed by atoms with van der Waals surface area (Å²) in [7, 11) is 1.94. The van der Waals surface area contributed by atoms with E-state index in [0.717, 1.165) is 16.8 Å². The van der Waals surface area contributed by atoms with Gasteiger partial charge in [-0.25, -0.2) is 4.98 Å². The number of carbonyl (C=O) groups excluding carboxylic acids is 1. The first-order valence-corrected chi connectivity index (χ1v) is 8.19. The van der Waals surface area contributed by atoms with Gasteiger partial charge in [-0.05, 0) is 34.1 Å². The molecule has 1 N–H and O–H groups in total. The smallest absolute Gasteiger partial charge is 0.255 e. The van der Waals surface area contributed by atoms with Gasteiger partial charge in [0.25, 0.3) is 5.91 Å². The van der Waals surface area contributed by atoms with Crippen LogP contribution in [0.2, 0.25) is 5.02 Å². The van der Waals surface area contributed by atoms with Gasteiger partial charge in [-0.1, -0.05) is 11.6 Å². The molecule has 5 nitrogen and oxygen atoms in total. The Balaban J connectivity index is 1.95. The monoisotopic (exact) mass is 382 g/mol. The van der Waals surface area contributed by atoms with Crippen molar-refractivity contribution < 1.29 is 4.79 Å². The number of carbonyl (C=O) groups is 1. The number of rotatable bonds is 2. The molecule has 0 aliphatic carbocycles. The van der Waals surface area contributed by atoms with Crippen molar-refractivity contribution in [3.63, 3.8) is 0 Å². The fourth-order valence-electron chi connectivity index (χ4n) is 2.69. The number of hydrogen-bond donors (Lipinski definition) is 1. The summed E-state index contributed by atoms with van der Waals surface area (Å²) in [5, 5.41) is 3.88. The number of aromatic nitrogens is 2. The Morgan fingerprint density at radius 3 is 3.05 bits per heavy atom. The number of nitrogens with one attached hydrogen (secondary N) is 1. The van der Waals surface area contributed by atoms with Crippen LogP contribution in [0.5, 0.6) is 0 Å². The summed E-state index contributed by atoms with van der Waals surface area (Å²) in [5.41, 5.74) is 0.577. The van der Waals surface area contributed by atoms with E-state index in [9.17, 15) is 4.79 Å². The van der Waals surface area contributed by atoms with E-state index in [1.165, 1.54) is 0 Å². The number of aryl methyl sites for hydroxylation is 1. The molecular formula is C15H16BrClN4O. The highest BCUT2D eigenvalue weighted by Gasteiger charge is 2.31. The Labute approximate surface area is 142 Å². The van der Waals surface area contributed by atoms with Crippen LogP contribution in [0.15, 0.2) is 35.1 Å². The zero-order valence-electron chi connectivity index (χ0n) is 12.1. The van der Waals surface area contributed by atoms with Gasteiger partial charge in [-0.15, -0.1) is 0 Å². The van der Waals surface area contributed by atoms with Gasteiger partial charge in [0.2, 0.25) is 0 Å². The molecular weight excluding hydrogens is 368 g/mol. The van der Waals surface area contributed by atoms with Crippen molar-refractivity contribution in [3.8, 4) is 0 Å². The molecule has 0 saturated carbocycles. The molecule has 1 saturated heterocycles. The van der Waals surface area contributed by atoms with E-state index < -0.39 is 0 Å². The summed E-state index contributed by atoms with van der Waals surface area (Å²) in [5.74, 6) is 0.836. The largest absolute Gasteiger partial charge is 0.336 e. The summed E-state index contributed by atoms with van der Waals surface area (Å²) in [4.78, 5) is 19.2. The number of amides is 1. The SMILES string of the molecule is Cn1ccnc1C1CNCCN1C(=O)c1cc(Cl)ccc1Br. The van der Waals surface area contributed by atoms with E-state index in [0.29, 0.717) is 23.7 Å². The zero-order chi connectivity index (χ0) is 15.7. The van der Waals surface area contributed by atoms with E-state index in [1.54, 1.807) is 24.4 Å². The topological polar surface area (TPSA) is 50.2 Å². The van der Waals surface area contributed by atoms with Gasteiger partial charge >= 0.3 is 0 Å². The number of halogens is 2. The Morgan fingerprint density at radius 2 is 2.32 bits per heavy atom. The molecule has 1 aromatic heterocycles. The molecule has 0 spiro atoms. The lowest BCUT2D eigenvalue weighted by Crippen LogP contribution is -2.49. The second kappa shape index (κ2) is 6.40.